The third-order valence-corrected chi connectivity index (χ3v) is 16.6. The van der Waals surface area contributed by atoms with Gasteiger partial charge in [-0.3, -0.25) is 14.5 Å². The van der Waals surface area contributed by atoms with E-state index >= 15 is 0 Å². The smallest absolute Gasteiger partial charge is 0.234 e. The van der Waals surface area contributed by atoms with Crippen LogP contribution in [0.5, 0.6) is 5.75 Å². The Kier molecular flexibility index (Phi) is 20.6. The summed E-state index contributed by atoms with van der Waals surface area (Å²) >= 11 is 3.80. The van der Waals surface area contributed by atoms with Crippen molar-refractivity contribution < 1.29 is 14.3 Å². The van der Waals surface area contributed by atoms with Crippen LogP contribution in [-0.2, 0) is 19.1 Å². The van der Waals surface area contributed by atoms with Gasteiger partial charge < -0.3 is 15.0 Å². The number of benzene rings is 8. The minimum Gasteiger partial charge on any atom is -0.494 e. The van der Waals surface area contributed by atoms with Crippen molar-refractivity contribution >= 4 is 53.1 Å². The molecule has 8 heteroatoms. The molecular formula is C68H69N3O3S2. The molecule has 0 saturated heterocycles. The highest BCUT2D eigenvalue weighted by molar-refractivity contribution is 8.00. The molecule has 8 rings (SSSR count). The van der Waals surface area contributed by atoms with Crippen molar-refractivity contribution in [1.29, 1.82) is 0 Å². The third kappa shape index (κ3) is 14.9. The molecule has 0 spiro atoms. The number of anilines is 1. The Labute approximate surface area is 460 Å². The van der Waals surface area contributed by atoms with E-state index in [0.717, 1.165) is 66.4 Å². The Morgan fingerprint density at radius 1 is 0.474 bits per heavy atom. The van der Waals surface area contributed by atoms with Gasteiger partial charge in [0.1, 0.15) is 5.75 Å². The fraction of sp³-hybridized carbons (Fsp3) is 0.206. The van der Waals surface area contributed by atoms with Crippen LogP contribution in [0.25, 0.3) is 12.2 Å². The molecular weight excluding hydrogens is 971 g/mol. The van der Waals surface area contributed by atoms with E-state index in [1.54, 1.807) is 12.2 Å². The van der Waals surface area contributed by atoms with E-state index < -0.39 is 9.49 Å². The molecule has 0 bridgehead atoms. The van der Waals surface area contributed by atoms with Gasteiger partial charge in [0.25, 0.3) is 0 Å². The number of thioether (sulfide) groups is 2. The number of ketones is 1. The molecule has 1 N–H and O–H groups in total. The van der Waals surface area contributed by atoms with E-state index in [-0.39, 0.29) is 11.7 Å². The van der Waals surface area contributed by atoms with E-state index in [0.29, 0.717) is 19.7 Å². The SMILES string of the molecule is CN(C)c1ccc(/C=C/C(=O)/C=C/c2ccc(OCCCCCN(CCSC(c3ccccc3)(c3ccccc3)c3ccccc3)CC(=O)NCCSC(c3ccccc3)(c3ccccc3)c3ccccc3)cc2)cc1. The molecule has 0 unspecified atom stereocenters. The largest absolute Gasteiger partial charge is 0.494 e. The summed E-state index contributed by atoms with van der Waals surface area (Å²) in [4.78, 5) is 31.1. The fourth-order valence-electron chi connectivity index (χ4n) is 9.56. The van der Waals surface area contributed by atoms with Crippen LogP contribution in [0.3, 0.4) is 0 Å². The minimum atomic E-state index is -0.453. The molecule has 0 heterocycles. The number of hydrogen-bond donors (Lipinski definition) is 1. The quantitative estimate of drug-likeness (QED) is 0.0298. The minimum absolute atomic E-state index is 0.0317. The van der Waals surface area contributed by atoms with Crippen molar-refractivity contribution in [3.8, 4) is 5.75 Å². The molecule has 0 aliphatic carbocycles. The first-order valence-electron chi connectivity index (χ1n) is 26.3. The zero-order chi connectivity index (χ0) is 52.7. The predicted molar refractivity (Wildman–Crippen MR) is 322 cm³/mol. The van der Waals surface area contributed by atoms with E-state index in [1.165, 1.54) is 33.4 Å². The Morgan fingerprint density at radius 3 is 1.28 bits per heavy atom. The molecule has 1 amide bonds. The first kappa shape index (κ1) is 54.9. The van der Waals surface area contributed by atoms with Crippen molar-refractivity contribution in [2.45, 2.75) is 28.8 Å². The molecule has 0 aliphatic heterocycles. The predicted octanol–water partition coefficient (Wildman–Crippen LogP) is 14.5. The Morgan fingerprint density at radius 2 is 0.868 bits per heavy atom. The molecule has 0 radical (unpaired) electrons. The van der Waals surface area contributed by atoms with Crippen molar-refractivity contribution in [3.63, 3.8) is 0 Å². The monoisotopic (exact) mass is 1040 g/mol. The van der Waals surface area contributed by atoms with Crippen LogP contribution in [0.15, 0.2) is 243 Å². The number of allylic oxidation sites excluding steroid dienone is 2. The molecule has 0 saturated carbocycles. The molecule has 6 nitrogen and oxygen atoms in total. The first-order chi connectivity index (χ1) is 37.3. The summed E-state index contributed by atoms with van der Waals surface area (Å²) in [6.45, 7) is 2.97. The maximum absolute atomic E-state index is 14.1. The van der Waals surface area contributed by atoms with Crippen molar-refractivity contribution in [2.24, 2.45) is 0 Å². The normalized spacial score (nSPS) is 11.8. The van der Waals surface area contributed by atoms with Crippen molar-refractivity contribution in [3.05, 3.63) is 287 Å². The van der Waals surface area contributed by atoms with E-state index in [2.05, 4.69) is 192 Å². The fourth-order valence-corrected chi connectivity index (χ4v) is 12.5. The average Bonchev–Trinajstić information content (AvgIpc) is 3.49. The summed E-state index contributed by atoms with van der Waals surface area (Å²) < 4.78 is 5.27. The lowest BCUT2D eigenvalue weighted by Crippen LogP contribution is -2.40. The van der Waals surface area contributed by atoms with E-state index in [4.69, 9.17) is 4.74 Å². The highest BCUT2D eigenvalue weighted by Crippen LogP contribution is 2.49. The third-order valence-electron chi connectivity index (χ3n) is 13.5. The molecule has 76 heavy (non-hydrogen) atoms. The van der Waals surface area contributed by atoms with Gasteiger partial charge in [-0.15, -0.1) is 23.5 Å². The summed E-state index contributed by atoms with van der Waals surface area (Å²) in [5, 5.41) is 3.33. The topological polar surface area (TPSA) is 61.9 Å². The number of hydrogen-bond acceptors (Lipinski definition) is 7. The Balaban J connectivity index is 0.896. The second-order valence-electron chi connectivity index (χ2n) is 18.9. The summed E-state index contributed by atoms with van der Waals surface area (Å²) in [7, 11) is 4.01. The number of nitrogens with one attached hydrogen (secondary N) is 1. The summed E-state index contributed by atoms with van der Waals surface area (Å²) in [5.41, 5.74) is 10.3. The number of rotatable bonds is 28. The molecule has 8 aromatic carbocycles. The van der Waals surface area contributed by atoms with Gasteiger partial charge in [0, 0.05) is 44.4 Å². The van der Waals surface area contributed by atoms with Crippen molar-refractivity contribution in [2.75, 3.05) is 63.3 Å². The first-order valence-corrected chi connectivity index (χ1v) is 28.3. The van der Waals surface area contributed by atoms with E-state index in [1.807, 2.05) is 103 Å². The summed E-state index contributed by atoms with van der Waals surface area (Å²) in [6.07, 6.45) is 9.62. The molecule has 8 aromatic rings. The maximum atomic E-state index is 14.1. The van der Waals surface area contributed by atoms with Gasteiger partial charge in [0.2, 0.25) is 5.91 Å². The van der Waals surface area contributed by atoms with Gasteiger partial charge >= 0.3 is 0 Å². The van der Waals surface area contributed by atoms with Gasteiger partial charge in [0.05, 0.1) is 22.6 Å². The van der Waals surface area contributed by atoms with Crippen LogP contribution in [0.4, 0.5) is 5.69 Å². The molecule has 0 atom stereocenters. The number of nitrogens with zero attached hydrogens (tertiary/aromatic N) is 2. The van der Waals surface area contributed by atoms with Gasteiger partial charge in [-0.05, 0) is 107 Å². The number of carbonyl (C=O) groups excluding carboxylic acids is 2. The maximum Gasteiger partial charge on any atom is 0.234 e. The Hall–Kier alpha value is -7.36. The second kappa shape index (κ2) is 28.5. The number of ether oxygens (including phenoxy) is 1. The molecule has 386 valence electrons. The number of amides is 1. The van der Waals surface area contributed by atoms with Crippen LogP contribution in [0.1, 0.15) is 63.8 Å². The highest BCUT2D eigenvalue weighted by Gasteiger charge is 2.38. The van der Waals surface area contributed by atoms with Gasteiger partial charge in [-0.25, -0.2) is 0 Å². The van der Waals surface area contributed by atoms with Gasteiger partial charge in [0.15, 0.2) is 5.78 Å². The van der Waals surface area contributed by atoms with Crippen LogP contribution in [0.2, 0.25) is 0 Å². The standard InChI is InChI=1S/C68H69N3O3S2/c1-70(2)63-42-36-55(37-43-63)38-44-64(72)45-39-56-40-46-65(47-41-56)74-51-23-9-22-49-71(50-53-76-68(60-30-16-6-17-31-60,61-32-18-7-19-33-61)62-34-20-8-21-35-62)54-66(73)69-48-52-75-67(57-24-10-3-11-25-57,58-26-12-4-13-27-58)59-28-14-5-15-29-59/h3-8,10-21,24-47H,9,22-23,48-54H2,1-2H3,(H,69,73)/b44-38+,45-39+. The van der Waals surface area contributed by atoms with E-state index in [9.17, 15) is 9.59 Å². The molecule has 0 fully saturated rings. The van der Waals surface area contributed by atoms with Crippen LogP contribution < -0.4 is 15.0 Å². The van der Waals surface area contributed by atoms with Crippen molar-refractivity contribution in [1.82, 2.24) is 10.2 Å². The summed E-state index contributed by atoms with van der Waals surface area (Å²) in [5.74, 6) is 2.28. The Bertz CT molecular complexity index is 2840. The summed E-state index contributed by atoms with van der Waals surface area (Å²) in [6, 6.07) is 80.5. The van der Waals surface area contributed by atoms with Crippen LogP contribution in [0, 0.1) is 0 Å². The zero-order valence-electron chi connectivity index (χ0n) is 43.8. The molecule has 0 aromatic heterocycles. The lowest BCUT2D eigenvalue weighted by Gasteiger charge is -2.36. The van der Waals surface area contributed by atoms with Crippen LogP contribution >= 0.6 is 23.5 Å². The highest BCUT2D eigenvalue weighted by atomic mass is 32.2. The lowest BCUT2D eigenvalue weighted by molar-refractivity contribution is -0.122. The van der Waals surface area contributed by atoms with Crippen LogP contribution in [-0.4, -0.2) is 75.0 Å². The second-order valence-corrected chi connectivity index (χ2v) is 21.5. The lowest BCUT2D eigenvalue weighted by atomic mass is 9.84. The van der Waals surface area contributed by atoms with Gasteiger partial charge in [-0.2, -0.15) is 0 Å². The molecule has 0 aliphatic rings. The number of carbonyl (C=O) groups is 2. The number of unbranched alkanes of at least 4 members (excludes halogenated alkanes) is 2. The zero-order valence-corrected chi connectivity index (χ0v) is 45.4. The average molecular weight is 1040 g/mol. The van der Waals surface area contributed by atoms with Gasteiger partial charge in [-0.1, -0.05) is 218 Å².